The SMILES string of the molecule is COCc1cc(C[C@@H]2CC[C@H](O)[C@@H](CN(CC3CCCCC3)CC3CCCCC3)O2)no1. The predicted molar refractivity (Wildman–Crippen MR) is 124 cm³/mol. The Morgan fingerprint density at radius 2 is 1.59 bits per heavy atom. The van der Waals surface area contributed by atoms with Crippen molar-refractivity contribution in [3.63, 3.8) is 0 Å². The molecule has 0 bridgehead atoms. The average Bonchev–Trinajstić information content (AvgIpc) is 3.24. The molecule has 1 N–H and O–H groups in total. The van der Waals surface area contributed by atoms with E-state index in [2.05, 4.69) is 10.1 Å². The van der Waals surface area contributed by atoms with E-state index in [9.17, 15) is 5.11 Å². The number of ether oxygens (including phenoxy) is 2. The average molecular weight is 449 g/mol. The zero-order valence-corrected chi connectivity index (χ0v) is 20.1. The standard InChI is InChI=1S/C26H44N2O4/c1-30-19-24-15-22(27-32-24)14-23-12-13-25(29)26(31-23)18-28(16-20-8-4-2-5-9-20)17-21-10-6-3-7-11-21/h15,20-21,23,25-26,29H,2-14,16-19H2,1H3/t23-,25-,26+/m0/s1. The molecule has 2 heterocycles. The fourth-order valence-electron chi connectivity index (χ4n) is 6.11. The molecule has 2 saturated carbocycles. The van der Waals surface area contributed by atoms with Crippen LogP contribution < -0.4 is 0 Å². The Morgan fingerprint density at radius 3 is 2.22 bits per heavy atom. The van der Waals surface area contributed by atoms with Gasteiger partial charge in [0, 0.05) is 39.2 Å². The van der Waals surface area contributed by atoms with Crippen molar-refractivity contribution < 1.29 is 19.1 Å². The van der Waals surface area contributed by atoms with Gasteiger partial charge in [0.05, 0.1) is 24.0 Å². The molecule has 0 aromatic carbocycles. The van der Waals surface area contributed by atoms with Crippen LogP contribution in [-0.4, -0.2) is 60.2 Å². The lowest BCUT2D eigenvalue weighted by Crippen LogP contribution is -2.48. The second-order valence-electron chi connectivity index (χ2n) is 10.6. The van der Waals surface area contributed by atoms with Gasteiger partial charge in [-0.15, -0.1) is 0 Å². The molecule has 3 aliphatic rings. The highest BCUT2D eigenvalue weighted by atomic mass is 16.5. The van der Waals surface area contributed by atoms with E-state index < -0.39 is 0 Å². The van der Waals surface area contributed by atoms with Crippen molar-refractivity contribution in [3.05, 3.63) is 17.5 Å². The van der Waals surface area contributed by atoms with E-state index in [0.717, 1.165) is 49.1 Å². The molecule has 32 heavy (non-hydrogen) atoms. The fraction of sp³-hybridized carbons (Fsp3) is 0.885. The van der Waals surface area contributed by atoms with Gasteiger partial charge in [-0.25, -0.2) is 0 Å². The summed E-state index contributed by atoms with van der Waals surface area (Å²) >= 11 is 0. The van der Waals surface area contributed by atoms with Gasteiger partial charge in [0.15, 0.2) is 5.76 Å². The number of hydrogen-bond donors (Lipinski definition) is 1. The van der Waals surface area contributed by atoms with Gasteiger partial charge in [0.2, 0.25) is 0 Å². The van der Waals surface area contributed by atoms with E-state index in [-0.39, 0.29) is 18.3 Å². The molecule has 0 radical (unpaired) electrons. The normalized spacial score (nSPS) is 28.4. The van der Waals surface area contributed by atoms with Gasteiger partial charge >= 0.3 is 0 Å². The molecule has 1 saturated heterocycles. The third-order valence-electron chi connectivity index (χ3n) is 7.83. The first kappa shape index (κ1) is 24.2. The summed E-state index contributed by atoms with van der Waals surface area (Å²) < 4.78 is 16.9. The van der Waals surface area contributed by atoms with Crippen molar-refractivity contribution in [1.82, 2.24) is 10.1 Å². The topological polar surface area (TPSA) is 68.0 Å². The van der Waals surface area contributed by atoms with Crippen LogP contribution in [0.1, 0.15) is 88.5 Å². The molecule has 2 aliphatic carbocycles. The van der Waals surface area contributed by atoms with Gasteiger partial charge in [-0.05, 0) is 50.4 Å². The summed E-state index contributed by atoms with van der Waals surface area (Å²) in [6.07, 6.45) is 15.8. The first-order valence-electron chi connectivity index (χ1n) is 13.2. The molecule has 1 aromatic rings. The predicted octanol–water partition coefficient (Wildman–Crippen LogP) is 4.73. The van der Waals surface area contributed by atoms with Gasteiger partial charge in [0.1, 0.15) is 6.61 Å². The van der Waals surface area contributed by atoms with Gasteiger partial charge < -0.3 is 24.0 Å². The summed E-state index contributed by atoms with van der Waals surface area (Å²) in [7, 11) is 1.66. The van der Waals surface area contributed by atoms with E-state index in [1.54, 1.807) is 7.11 Å². The number of aliphatic hydroxyl groups is 1. The third-order valence-corrected chi connectivity index (χ3v) is 7.83. The highest BCUT2D eigenvalue weighted by Gasteiger charge is 2.33. The maximum atomic E-state index is 10.8. The van der Waals surface area contributed by atoms with Crippen molar-refractivity contribution in [2.75, 3.05) is 26.7 Å². The summed E-state index contributed by atoms with van der Waals surface area (Å²) in [5.74, 6) is 2.39. The summed E-state index contributed by atoms with van der Waals surface area (Å²) in [4.78, 5) is 2.66. The van der Waals surface area contributed by atoms with E-state index in [1.165, 1.54) is 77.3 Å². The van der Waals surface area contributed by atoms with E-state index in [1.807, 2.05) is 6.07 Å². The Kier molecular flexibility index (Phi) is 9.44. The number of nitrogens with zero attached hydrogens (tertiary/aromatic N) is 2. The molecule has 3 fully saturated rings. The molecule has 0 amide bonds. The van der Waals surface area contributed by atoms with Crippen LogP contribution in [0.4, 0.5) is 0 Å². The number of aromatic nitrogens is 1. The molecular formula is C26H44N2O4. The summed E-state index contributed by atoms with van der Waals surface area (Å²) in [5, 5.41) is 15.0. The molecule has 182 valence electrons. The van der Waals surface area contributed by atoms with Crippen molar-refractivity contribution in [3.8, 4) is 0 Å². The van der Waals surface area contributed by atoms with Crippen LogP contribution in [0.25, 0.3) is 0 Å². The highest BCUT2D eigenvalue weighted by Crippen LogP contribution is 2.29. The minimum absolute atomic E-state index is 0.0927. The van der Waals surface area contributed by atoms with Crippen LogP contribution in [0.2, 0.25) is 0 Å². The summed E-state index contributed by atoms with van der Waals surface area (Å²) in [5.41, 5.74) is 0.915. The largest absolute Gasteiger partial charge is 0.390 e. The smallest absolute Gasteiger partial charge is 0.162 e. The van der Waals surface area contributed by atoms with Gasteiger partial charge in [-0.3, -0.25) is 0 Å². The van der Waals surface area contributed by atoms with Crippen molar-refractivity contribution >= 4 is 0 Å². The maximum absolute atomic E-state index is 10.8. The molecule has 1 aromatic heterocycles. The minimum atomic E-state index is -0.368. The highest BCUT2D eigenvalue weighted by molar-refractivity contribution is 5.06. The molecule has 0 unspecified atom stereocenters. The van der Waals surface area contributed by atoms with Crippen molar-refractivity contribution in [1.29, 1.82) is 0 Å². The van der Waals surface area contributed by atoms with Crippen molar-refractivity contribution in [2.24, 2.45) is 11.8 Å². The number of aliphatic hydroxyl groups excluding tert-OH is 1. The van der Waals surface area contributed by atoms with Crippen LogP contribution in [0.3, 0.4) is 0 Å². The van der Waals surface area contributed by atoms with E-state index in [4.69, 9.17) is 14.0 Å². The number of methoxy groups -OCH3 is 1. The van der Waals surface area contributed by atoms with Gasteiger partial charge in [-0.1, -0.05) is 43.7 Å². The Bertz CT molecular complexity index is 634. The van der Waals surface area contributed by atoms with E-state index in [0.29, 0.717) is 6.61 Å². The second kappa shape index (κ2) is 12.5. The third kappa shape index (κ3) is 7.28. The van der Waals surface area contributed by atoms with Crippen LogP contribution in [0.5, 0.6) is 0 Å². The summed E-state index contributed by atoms with van der Waals surface area (Å²) in [6, 6.07) is 1.96. The first-order chi connectivity index (χ1) is 15.7. The molecule has 3 atom stereocenters. The molecule has 1 aliphatic heterocycles. The zero-order valence-electron chi connectivity index (χ0n) is 20.1. The fourth-order valence-corrected chi connectivity index (χ4v) is 6.11. The lowest BCUT2D eigenvalue weighted by molar-refractivity contribution is -0.127. The maximum Gasteiger partial charge on any atom is 0.162 e. The van der Waals surface area contributed by atoms with Crippen LogP contribution in [0, 0.1) is 11.8 Å². The van der Waals surface area contributed by atoms with Crippen molar-refractivity contribution in [2.45, 2.75) is 108 Å². The van der Waals surface area contributed by atoms with Crippen LogP contribution >= 0.6 is 0 Å². The molecule has 6 nitrogen and oxygen atoms in total. The summed E-state index contributed by atoms with van der Waals surface area (Å²) in [6.45, 7) is 3.66. The monoisotopic (exact) mass is 448 g/mol. The Balaban J connectivity index is 1.34. The Labute approximate surface area is 194 Å². The minimum Gasteiger partial charge on any atom is -0.390 e. The first-order valence-corrected chi connectivity index (χ1v) is 13.2. The lowest BCUT2D eigenvalue weighted by atomic mass is 9.86. The molecule has 6 heteroatoms. The quantitative estimate of drug-likeness (QED) is 0.558. The number of hydrogen-bond acceptors (Lipinski definition) is 6. The Hall–Kier alpha value is -0.950. The van der Waals surface area contributed by atoms with Gasteiger partial charge in [0.25, 0.3) is 0 Å². The lowest BCUT2D eigenvalue weighted by Gasteiger charge is -2.39. The second-order valence-corrected chi connectivity index (χ2v) is 10.6. The molecular weight excluding hydrogens is 404 g/mol. The van der Waals surface area contributed by atoms with Crippen LogP contribution in [-0.2, 0) is 22.5 Å². The molecule has 0 spiro atoms. The zero-order chi connectivity index (χ0) is 22.2. The Morgan fingerprint density at radius 1 is 0.938 bits per heavy atom. The molecule has 4 rings (SSSR count). The van der Waals surface area contributed by atoms with Crippen LogP contribution in [0.15, 0.2) is 10.6 Å². The number of rotatable bonds is 10. The van der Waals surface area contributed by atoms with E-state index >= 15 is 0 Å². The van der Waals surface area contributed by atoms with Gasteiger partial charge in [-0.2, -0.15) is 0 Å².